The second-order valence-corrected chi connectivity index (χ2v) is 12.2. The van der Waals surface area contributed by atoms with Crippen LogP contribution in [0.1, 0.15) is 51.0 Å². The van der Waals surface area contributed by atoms with Gasteiger partial charge in [0.25, 0.3) is 0 Å². The molecule has 0 aliphatic rings. The van der Waals surface area contributed by atoms with E-state index in [0.29, 0.717) is 31.7 Å². The quantitative estimate of drug-likeness (QED) is 0.386. The minimum Gasteiger partial charge on any atom is -0.461 e. The van der Waals surface area contributed by atoms with Gasteiger partial charge < -0.3 is 18.5 Å². The Morgan fingerprint density at radius 1 is 1.42 bits per heavy atom. The number of carbonyl (C=O) groups is 2. The number of nitrogens with zero attached hydrogens (tertiary/aromatic N) is 2. The molecule has 7 heteroatoms. The monoisotopic (exact) mass is 354 g/mol. The van der Waals surface area contributed by atoms with Crippen LogP contribution in [0.3, 0.4) is 0 Å². The summed E-state index contributed by atoms with van der Waals surface area (Å²) in [5.74, 6) is -0.425. The molecule has 0 fully saturated rings. The van der Waals surface area contributed by atoms with Crippen molar-refractivity contribution >= 4 is 20.6 Å². The topological polar surface area (TPSA) is 70.4 Å². The predicted octanol–water partition coefficient (Wildman–Crippen LogP) is 3.43. The lowest BCUT2D eigenvalue weighted by molar-refractivity contribution is -0.108. The lowest BCUT2D eigenvalue weighted by atomic mass is 10.2. The van der Waals surface area contributed by atoms with Gasteiger partial charge in [0, 0.05) is 19.2 Å². The number of hydrogen-bond acceptors (Lipinski definition) is 5. The minimum absolute atomic E-state index is 0.0830. The van der Waals surface area contributed by atoms with Gasteiger partial charge in [-0.05, 0) is 31.5 Å². The molecule has 1 rings (SSSR count). The molecule has 0 aliphatic heterocycles. The molecule has 1 aromatic rings. The van der Waals surface area contributed by atoms with Crippen LogP contribution in [0.25, 0.3) is 0 Å². The van der Waals surface area contributed by atoms with Crippen molar-refractivity contribution in [1.82, 2.24) is 9.55 Å². The second kappa shape index (κ2) is 8.57. The molecule has 0 radical (unpaired) electrons. The molecule has 0 spiro atoms. The smallest absolute Gasteiger partial charge is 0.358 e. The Balaban J connectivity index is 2.83. The van der Waals surface area contributed by atoms with Crippen molar-refractivity contribution in [2.75, 3.05) is 6.61 Å². The second-order valence-electron chi connectivity index (χ2n) is 7.42. The summed E-state index contributed by atoms with van der Waals surface area (Å²) in [5, 5.41) is 0.0947. The van der Waals surface area contributed by atoms with Gasteiger partial charge >= 0.3 is 5.97 Å². The highest BCUT2D eigenvalue weighted by Gasteiger charge is 2.39. The average Bonchev–Trinajstić information content (AvgIpc) is 2.92. The Morgan fingerprint density at radius 2 is 2.08 bits per heavy atom. The van der Waals surface area contributed by atoms with Crippen LogP contribution in [-0.2, 0) is 20.5 Å². The van der Waals surface area contributed by atoms with Gasteiger partial charge in [-0.1, -0.05) is 20.8 Å². The highest BCUT2D eigenvalue weighted by atomic mass is 28.4. The standard InChI is InChI=1S/C17H30N2O4Si/c1-7-22-16(21)15-12-19(13-18-15)11-14(9-8-10-20)23-24(5,6)17(2,3)4/h10,12-14H,7-9,11H2,1-6H3. The summed E-state index contributed by atoms with van der Waals surface area (Å²) in [4.78, 5) is 26.6. The number of carbonyl (C=O) groups excluding carboxylic acids is 2. The van der Waals surface area contributed by atoms with Crippen LogP contribution in [0.5, 0.6) is 0 Å². The SMILES string of the molecule is CCOC(=O)c1cn(CC(CCC=O)O[Si](C)(C)C(C)(C)C)cn1. The van der Waals surface area contributed by atoms with E-state index in [0.717, 1.165) is 6.29 Å². The van der Waals surface area contributed by atoms with Gasteiger partial charge in [-0.25, -0.2) is 9.78 Å². The molecule has 24 heavy (non-hydrogen) atoms. The molecule has 1 atom stereocenters. The molecule has 0 saturated heterocycles. The molecule has 1 unspecified atom stereocenters. The van der Waals surface area contributed by atoms with Crippen LogP contribution >= 0.6 is 0 Å². The van der Waals surface area contributed by atoms with E-state index in [4.69, 9.17) is 9.16 Å². The molecule has 0 aromatic carbocycles. The van der Waals surface area contributed by atoms with E-state index in [1.807, 2.05) is 4.57 Å². The lowest BCUT2D eigenvalue weighted by Gasteiger charge is -2.39. The summed E-state index contributed by atoms with van der Waals surface area (Å²) in [6, 6.07) is 0. The van der Waals surface area contributed by atoms with E-state index in [2.05, 4.69) is 38.8 Å². The molecule has 0 saturated carbocycles. The highest BCUT2D eigenvalue weighted by Crippen LogP contribution is 2.37. The summed E-state index contributed by atoms with van der Waals surface area (Å²) in [6.07, 6.45) is 5.22. The Kier molecular flexibility index (Phi) is 7.35. The first kappa shape index (κ1) is 20.6. The van der Waals surface area contributed by atoms with Crippen LogP contribution in [0.4, 0.5) is 0 Å². The Bertz CT molecular complexity index is 549. The van der Waals surface area contributed by atoms with Crippen LogP contribution in [0.15, 0.2) is 12.5 Å². The van der Waals surface area contributed by atoms with Crippen molar-refractivity contribution in [3.05, 3.63) is 18.2 Å². The summed E-state index contributed by atoms with van der Waals surface area (Å²) in [5.41, 5.74) is 0.290. The number of aromatic nitrogens is 2. The fourth-order valence-electron chi connectivity index (χ4n) is 2.04. The number of ether oxygens (including phenoxy) is 1. The maximum Gasteiger partial charge on any atom is 0.358 e. The lowest BCUT2D eigenvalue weighted by Crippen LogP contribution is -2.44. The fraction of sp³-hybridized carbons (Fsp3) is 0.706. The normalized spacial score (nSPS) is 13.6. The minimum atomic E-state index is -1.94. The third kappa shape index (κ3) is 5.87. The number of hydrogen-bond donors (Lipinski definition) is 0. The van der Waals surface area contributed by atoms with Gasteiger partial charge in [0.15, 0.2) is 14.0 Å². The third-order valence-electron chi connectivity index (χ3n) is 4.41. The van der Waals surface area contributed by atoms with E-state index in [1.54, 1.807) is 19.4 Å². The van der Waals surface area contributed by atoms with Gasteiger partial charge in [-0.2, -0.15) is 0 Å². The van der Waals surface area contributed by atoms with Crippen molar-refractivity contribution in [3.63, 3.8) is 0 Å². The Labute approximate surface area is 145 Å². The molecular weight excluding hydrogens is 324 g/mol. The molecule has 1 aromatic heterocycles. The number of esters is 1. The molecule has 0 amide bonds. The van der Waals surface area contributed by atoms with Crippen LogP contribution in [-0.4, -0.2) is 42.8 Å². The van der Waals surface area contributed by atoms with Crippen molar-refractivity contribution < 1.29 is 18.8 Å². The third-order valence-corrected chi connectivity index (χ3v) is 8.94. The Hall–Kier alpha value is -1.47. The number of rotatable bonds is 9. The van der Waals surface area contributed by atoms with Gasteiger partial charge in [0.2, 0.25) is 0 Å². The largest absolute Gasteiger partial charge is 0.461 e. The zero-order chi connectivity index (χ0) is 18.4. The van der Waals surface area contributed by atoms with E-state index in [-0.39, 0.29) is 11.1 Å². The van der Waals surface area contributed by atoms with Crippen LogP contribution in [0.2, 0.25) is 18.1 Å². The van der Waals surface area contributed by atoms with E-state index in [1.165, 1.54) is 0 Å². The van der Waals surface area contributed by atoms with Gasteiger partial charge in [-0.15, -0.1) is 0 Å². The summed E-state index contributed by atoms with van der Waals surface area (Å²) < 4.78 is 13.2. The first-order valence-electron chi connectivity index (χ1n) is 8.41. The molecule has 6 nitrogen and oxygen atoms in total. The van der Waals surface area contributed by atoms with E-state index >= 15 is 0 Å². The molecule has 0 bridgehead atoms. The highest BCUT2D eigenvalue weighted by molar-refractivity contribution is 6.74. The predicted molar refractivity (Wildman–Crippen MR) is 95.6 cm³/mol. The first-order chi connectivity index (χ1) is 11.1. The molecule has 136 valence electrons. The zero-order valence-corrected chi connectivity index (χ0v) is 16.7. The summed E-state index contributed by atoms with van der Waals surface area (Å²) >= 11 is 0. The summed E-state index contributed by atoms with van der Waals surface area (Å²) in [7, 11) is -1.94. The average molecular weight is 355 g/mol. The van der Waals surface area contributed by atoms with Gasteiger partial charge in [-0.3, -0.25) is 0 Å². The summed E-state index contributed by atoms with van der Waals surface area (Å²) in [6.45, 7) is 13.6. The van der Waals surface area contributed by atoms with E-state index in [9.17, 15) is 9.59 Å². The van der Waals surface area contributed by atoms with Crippen molar-refractivity contribution in [1.29, 1.82) is 0 Å². The first-order valence-corrected chi connectivity index (χ1v) is 11.3. The zero-order valence-electron chi connectivity index (χ0n) is 15.7. The maximum atomic E-state index is 11.7. The van der Waals surface area contributed by atoms with Crippen molar-refractivity contribution in [2.45, 2.75) is 71.3 Å². The van der Waals surface area contributed by atoms with Gasteiger partial charge in [0.05, 0.1) is 19.0 Å². The molecule has 0 aliphatic carbocycles. The fourth-order valence-corrected chi connectivity index (χ4v) is 3.42. The van der Waals surface area contributed by atoms with Crippen LogP contribution < -0.4 is 0 Å². The van der Waals surface area contributed by atoms with Crippen molar-refractivity contribution in [2.24, 2.45) is 0 Å². The molecule has 1 heterocycles. The number of imidazole rings is 1. The molecular formula is C17H30N2O4Si. The maximum absolute atomic E-state index is 11.7. The van der Waals surface area contributed by atoms with Gasteiger partial charge in [0.1, 0.15) is 6.29 Å². The van der Waals surface area contributed by atoms with E-state index < -0.39 is 14.3 Å². The van der Waals surface area contributed by atoms with Crippen LogP contribution in [0, 0.1) is 0 Å². The Morgan fingerprint density at radius 3 is 2.62 bits per heavy atom. The molecule has 0 N–H and O–H groups in total. The number of aldehydes is 1. The van der Waals surface area contributed by atoms with Crippen molar-refractivity contribution in [3.8, 4) is 0 Å².